The van der Waals surface area contributed by atoms with Crippen molar-refractivity contribution in [1.29, 1.82) is 0 Å². The zero-order valence-electron chi connectivity index (χ0n) is 26.9. The van der Waals surface area contributed by atoms with Gasteiger partial charge in [0.15, 0.2) is 17.5 Å². The Kier molecular flexibility index (Phi) is 6.42. The van der Waals surface area contributed by atoms with Gasteiger partial charge in [-0.2, -0.15) is 0 Å². The van der Waals surface area contributed by atoms with Crippen LogP contribution in [0, 0.1) is 0 Å². The summed E-state index contributed by atoms with van der Waals surface area (Å²) >= 11 is 0. The number of aromatic nitrogens is 4. The van der Waals surface area contributed by atoms with Crippen molar-refractivity contribution in [2.75, 3.05) is 0 Å². The molecule has 3 heterocycles. The van der Waals surface area contributed by atoms with Gasteiger partial charge in [0, 0.05) is 32.8 Å². The number of hydrogen-bond donors (Lipinski definition) is 0. The van der Waals surface area contributed by atoms with Gasteiger partial charge >= 0.3 is 0 Å². The Bertz CT molecular complexity index is 2800. The van der Waals surface area contributed by atoms with Gasteiger partial charge in [0.05, 0.1) is 22.1 Å². The van der Waals surface area contributed by atoms with Crippen LogP contribution in [0.5, 0.6) is 0 Å². The summed E-state index contributed by atoms with van der Waals surface area (Å²) in [5, 5.41) is 4.47. The Morgan fingerprint density at radius 2 is 0.900 bits per heavy atom. The lowest BCUT2D eigenvalue weighted by Gasteiger charge is -2.13. The highest BCUT2D eigenvalue weighted by Gasteiger charge is 2.21. The second-order valence-electron chi connectivity index (χ2n) is 12.5. The summed E-state index contributed by atoms with van der Waals surface area (Å²) < 4.78 is 8.99. The molecule has 10 aromatic rings. The van der Waals surface area contributed by atoms with Crippen molar-refractivity contribution in [2.24, 2.45) is 0 Å². The quantitative estimate of drug-likeness (QED) is 0.188. The van der Waals surface area contributed by atoms with Gasteiger partial charge in [0.25, 0.3) is 0 Å². The first-order valence-electron chi connectivity index (χ1n) is 16.7. The molecule has 0 fully saturated rings. The van der Waals surface area contributed by atoms with Crippen molar-refractivity contribution in [3.63, 3.8) is 0 Å². The molecular formula is C45H28N4O. The molecule has 0 saturated carbocycles. The summed E-state index contributed by atoms with van der Waals surface area (Å²) in [5.74, 6) is 1.81. The van der Waals surface area contributed by atoms with Gasteiger partial charge in [-0.05, 0) is 41.5 Å². The van der Waals surface area contributed by atoms with E-state index in [-0.39, 0.29) is 0 Å². The van der Waals surface area contributed by atoms with Crippen LogP contribution < -0.4 is 0 Å². The van der Waals surface area contributed by atoms with Gasteiger partial charge in [-0.15, -0.1) is 0 Å². The van der Waals surface area contributed by atoms with E-state index in [4.69, 9.17) is 19.4 Å². The van der Waals surface area contributed by atoms with Crippen molar-refractivity contribution in [1.82, 2.24) is 19.5 Å². The molecule has 5 heteroatoms. The minimum Gasteiger partial charge on any atom is -0.456 e. The fourth-order valence-electron chi connectivity index (χ4n) is 7.12. The lowest BCUT2D eigenvalue weighted by molar-refractivity contribution is 0.669. The number of nitrogens with zero attached hydrogens (tertiary/aromatic N) is 4. The van der Waals surface area contributed by atoms with Crippen molar-refractivity contribution in [2.45, 2.75) is 0 Å². The van der Waals surface area contributed by atoms with Crippen molar-refractivity contribution >= 4 is 43.7 Å². The van der Waals surface area contributed by atoms with Crippen LogP contribution in [0.15, 0.2) is 174 Å². The van der Waals surface area contributed by atoms with Crippen LogP contribution in [0.4, 0.5) is 0 Å². The van der Waals surface area contributed by atoms with Crippen molar-refractivity contribution < 1.29 is 4.42 Å². The van der Waals surface area contributed by atoms with Crippen LogP contribution in [0.1, 0.15) is 0 Å². The molecule has 0 aliphatic rings. The summed E-state index contributed by atoms with van der Waals surface area (Å²) in [4.78, 5) is 15.1. The third kappa shape index (κ3) is 4.60. The zero-order valence-corrected chi connectivity index (χ0v) is 26.9. The maximum absolute atomic E-state index is 6.62. The molecule has 5 nitrogen and oxygen atoms in total. The van der Waals surface area contributed by atoms with Crippen LogP contribution in [0.25, 0.3) is 94.7 Å². The Balaban J connectivity index is 1.30. The first-order valence-corrected chi connectivity index (χ1v) is 16.7. The van der Waals surface area contributed by atoms with E-state index in [0.29, 0.717) is 17.5 Å². The number of para-hydroxylation sites is 2. The Morgan fingerprint density at radius 1 is 0.360 bits per heavy atom. The summed E-state index contributed by atoms with van der Waals surface area (Å²) in [5.41, 5.74) is 9.85. The second kappa shape index (κ2) is 11.4. The highest BCUT2D eigenvalue weighted by atomic mass is 16.3. The molecule has 0 saturated heterocycles. The van der Waals surface area contributed by atoms with Crippen molar-refractivity contribution in [3.05, 3.63) is 170 Å². The summed E-state index contributed by atoms with van der Waals surface area (Å²) in [7, 11) is 0. The fourth-order valence-corrected chi connectivity index (χ4v) is 7.12. The third-order valence-electron chi connectivity index (χ3n) is 9.44. The minimum atomic E-state index is 0.576. The minimum absolute atomic E-state index is 0.576. The number of rotatable bonds is 5. The normalized spacial score (nSPS) is 11.6. The molecule has 0 bridgehead atoms. The zero-order chi connectivity index (χ0) is 33.0. The number of fused-ring (bicyclic) bond motifs is 6. The Labute approximate surface area is 287 Å². The SMILES string of the molecule is c1ccc(-c2ccc3c4ccccc4n(-c4cc(-c5nc(-c6ccccc6)nc(-c6ccccc6)n5)cc5oc6ccccc6c45)c3c2)cc1. The first kappa shape index (κ1) is 28.2. The van der Waals surface area contributed by atoms with Gasteiger partial charge < -0.3 is 8.98 Å². The lowest BCUT2D eigenvalue weighted by atomic mass is 10.0. The van der Waals surface area contributed by atoms with E-state index in [1.807, 2.05) is 72.8 Å². The number of benzene rings is 7. The van der Waals surface area contributed by atoms with Crippen molar-refractivity contribution in [3.8, 4) is 51.0 Å². The molecule has 0 aliphatic heterocycles. The van der Waals surface area contributed by atoms with Crippen LogP contribution in [-0.4, -0.2) is 19.5 Å². The van der Waals surface area contributed by atoms with Gasteiger partial charge in [-0.1, -0.05) is 140 Å². The Hall–Kier alpha value is -6.85. The highest BCUT2D eigenvalue weighted by Crippen LogP contribution is 2.41. The molecule has 0 unspecified atom stereocenters. The van der Waals surface area contributed by atoms with E-state index in [1.165, 1.54) is 16.3 Å². The largest absolute Gasteiger partial charge is 0.456 e. The maximum Gasteiger partial charge on any atom is 0.164 e. The summed E-state index contributed by atoms with van der Waals surface area (Å²) in [6, 6.07) is 58.6. The summed E-state index contributed by atoms with van der Waals surface area (Å²) in [6.07, 6.45) is 0. The smallest absolute Gasteiger partial charge is 0.164 e. The molecule has 0 N–H and O–H groups in total. The molecule has 10 rings (SSSR count). The number of hydrogen-bond acceptors (Lipinski definition) is 4. The topological polar surface area (TPSA) is 56.7 Å². The summed E-state index contributed by atoms with van der Waals surface area (Å²) in [6.45, 7) is 0. The lowest BCUT2D eigenvalue weighted by Crippen LogP contribution is -2.01. The molecule has 50 heavy (non-hydrogen) atoms. The van der Waals surface area contributed by atoms with E-state index in [2.05, 4.69) is 102 Å². The fraction of sp³-hybridized carbons (Fsp3) is 0. The van der Waals surface area contributed by atoms with E-state index in [9.17, 15) is 0 Å². The standard InChI is InChI=1S/C45H28N4O/c1-4-14-29(15-5-1)32-24-25-35-34-20-10-12-22-37(34)49(38(35)26-32)39-27-33(28-41-42(39)36-21-11-13-23-40(36)50-41)45-47-43(30-16-6-2-7-17-30)46-44(48-45)31-18-8-3-9-19-31/h1-28H. The highest BCUT2D eigenvalue weighted by molar-refractivity contribution is 6.15. The monoisotopic (exact) mass is 640 g/mol. The second-order valence-corrected chi connectivity index (χ2v) is 12.5. The average Bonchev–Trinajstić information content (AvgIpc) is 3.74. The van der Waals surface area contributed by atoms with E-state index in [0.717, 1.165) is 60.9 Å². The molecule has 0 radical (unpaired) electrons. The van der Waals surface area contributed by atoms with Gasteiger partial charge in [-0.25, -0.2) is 15.0 Å². The van der Waals surface area contributed by atoms with Gasteiger partial charge in [0.2, 0.25) is 0 Å². The predicted molar refractivity (Wildman–Crippen MR) is 203 cm³/mol. The Morgan fingerprint density at radius 3 is 1.58 bits per heavy atom. The van der Waals surface area contributed by atoms with Crippen LogP contribution in [-0.2, 0) is 0 Å². The molecule has 0 atom stereocenters. The van der Waals surface area contributed by atoms with E-state index >= 15 is 0 Å². The first-order chi connectivity index (χ1) is 24.8. The molecule has 0 aliphatic carbocycles. The van der Waals surface area contributed by atoms with E-state index < -0.39 is 0 Å². The molecule has 234 valence electrons. The molecule has 0 amide bonds. The van der Waals surface area contributed by atoms with Crippen LogP contribution >= 0.6 is 0 Å². The van der Waals surface area contributed by atoms with Gasteiger partial charge in [0.1, 0.15) is 11.2 Å². The molecule has 3 aromatic heterocycles. The molecular weight excluding hydrogens is 613 g/mol. The van der Waals surface area contributed by atoms with Crippen LogP contribution in [0.2, 0.25) is 0 Å². The van der Waals surface area contributed by atoms with Crippen LogP contribution in [0.3, 0.4) is 0 Å². The van der Waals surface area contributed by atoms with Gasteiger partial charge in [-0.3, -0.25) is 0 Å². The third-order valence-corrected chi connectivity index (χ3v) is 9.44. The molecule has 7 aromatic carbocycles. The number of furan rings is 1. The van der Waals surface area contributed by atoms with E-state index in [1.54, 1.807) is 0 Å². The molecule has 0 spiro atoms. The average molecular weight is 641 g/mol. The predicted octanol–water partition coefficient (Wildman–Crippen LogP) is 11.5. The maximum atomic E-state index is 6.62.